The first-order chi connectivity index (χ1) is 8.04. The second kappa shape index (κ2) is 6.51. The number of carbonyl (C=O) groups excluding carboxylic acids is 1. The summed E-state index contributed by atoms with van der Waals surface area (Å²) in [5.74, 6) is -1.18. The van der Waals surface area contributed by atoms with E-state index in [1.807, 2.05) is 6.92 Å². The molecular weight excluding hydrogens is 286 g/mol. The molecule has 0 heterocycles. The van der Waals surface area contributed by atoms with E-state index in [1.54, 1.807) is 24.3 Å². The number of carboxylic acids is 1. The van der Waals surface area contributed by atoms with E-state index in [9.17, 15) is 9.59 Å². The minimum Gasteiger partial charge on any atom is -0.481 e. The number of Topliss-reactive ketones (excluding diaryl/α,β-unsaturated/α-hetero) is 1. The molecule has 4 nitrogen and oxygen atoms in total. The summed E-state index contributed by atoms with van der Waals surface area (Å²) in [5.41, 5.74) is 0.514. The first-order valence-electron chi connectivity index (χ1n) is 5.29. The molecule has 0 aliphatic rings. The van der Waals surface area contributed by atoms with Crippen molar-refractivity contribution in [3.05, 3.63) is 34.3 Å². The number of carboxylic acid groups (broad SMARTS) is 1. The van der Waals surface area contributed by atoms with Crippen LogP contribution in [0.2, 0.25) is 0 Å². The van der Waals surface area contributed by atoms with Crippen molar-refractivity contribution in [3.63, 3.8) is 0 Å². The number of halogens is 1. The molecule has 0 bridgehead atoms. The van der Waals surface area contributed by atoms with Gasteiger partial charge in [-0.2, -0.15) is 0 Å². The second-order valence-corrected chi connectivity index (χ2v) is 4.49. The molecule has 1 aromatic rings. The van der Waals surface area contributed by atoms with Crippen LogP contribution >= 0.6 is 15.9 Å². The Kier molecular flexibility index (Phi) is 5.31. The van der Waals surface area contributed by atoms with Gasteiger partial charge in [-0.1, -0.05) is 35.0 Å². The number of nitrogens with one attached hydrogen (secondary N) is 1. The molecule has 0 fully saturated rings. The molecule has 0 radical (unpaired) electrons. The number of benzene rings is 1. The van der Waals surface area contributed by atoms with Crippen molar-refractivity contribution in [3.8, 4) is 0 Å². The maximum absolute atomic E-state index is 12.0. The predicted molar refractivity (Wildman–Crippen MR) is 68.2 cm³/mol. The van der Waals surface area contributed by atoms with Crippen LogP contribution in [0.25, 0.3) is 0 Å². The van der Waals surface area contributed by atoms with Crippen LogP contribution in [0.3, 0.4) is 0 Å². The number of likely N-dealkylation sites (N-methyl/N-ethyl adjacent to an activating group) is 1. The molecule has 5 heteroatoms. The molecule has 0 aliphatic heterocycles. The van der Waals surface area contributed by atoms with Gasteiger partial charge in [0.25, 0.3) is 0 Å². The quantitative estimate of drug-likeness (QED) is 0.789. The highest BCUT2D eigenvalue weighted by atomic mass is 79.9. The Bertz CT molecular complexity index is 403. The smallest absolute Gasteiger partial charge is 0.305 e. The van der Waals surface area contributed by atoms with E-state index < -0.39 is 12.0 Å². The summed E-state index contributed by atoms with van der Waals surface area (Å²) in [5, 5.41) is 11.6. The number of ketones is 1. The van der Waals surface area contributed by atoms with E-state index in [0.717, 1.165) is 4.47 Å². The molecule has 1 unspecified atom stereocenters. The fourth-order valence-corrected chi connectivity index (χ4v) is 1.76. The molecule has 0 aromatic heterocycles. The fraction of sp³-hybridized carbons (Fsp3) is 0.333. The first-order valence-corrected chi connectivity index (χ1v) is 6.09. The number of hydrogen-bond donors (Lipinski definition) is 2. The lowest BCUT2D eigenvalue weighted by Crippen LogP contribution is -2.38. The van der Waals surface area contributed by atoms with Gasteiger partial charge in [0.15, 0.2) is 5.78 Å². The van der Waals surface area contributed by atoms with Gasteiger partial charge in [-0.3, -0.25) is 9.59 Å². The van der Waals surface area contributed by atoms with Crippen LogP contribution in [0.15, 0.2) is 28.7 Å². The molecule has 1 rings (SSSR count). The zero-order valence-corrected chi connectivity index (χ0v) is 11.0. The molecule has 1 atom stereocenters. The van der Waals surface area contributed by atoms with Crippen molar-refractivity contribution in [2.45, 2.75) is 19.4 Å². The maximum Gasteiger partial charge on any atom is 0.305 e. The van der Waals surface area contributed by atoms with Gasteiger partial charge in [-0.05, 0) is 18.7 Å². The Balaban J connectivity index is 2.83. The Hall–Kier alpha value is -1.20. The molecule has 0 spiro atoms. The summed E-state index contributed by atoms with van der Waals surface area (Å²) in [4.78, 5) is 22.7. The van der Waals surface area contributed by atoms with Crippen LogP contribution in [0.1, 0.15) is 23.7 Å². The number of rotatable bonds is 6. The lowest BCUT2D eigenvalue weighted by molar-refractivity contribution is -0.137. The normalized spacial score (nSPS) is 12.1. The fourth-order valence-electron chi connectivity index (χ4n) is 1.49. The monoisotopic (exact) mass is 299 g/mol. The van der Waals surface area contributed by atoms with Gasteiger partial charge < -0.3 is 10.4 Å². The van der Waals surface area contributed by atoms with Gasteiger partial charge in [0.05, 0.1) is 12.5 Å². The van der Waals surface area contributed by atoms with Crippen LogP contribution in [0, 0.1) is 0 Å². The summed E-state index contributed by atoms with van der Waals surface area (Å²) in [6.07, 6.45) is -0.206. The average molecular weight is 300 g/mol. The van der Waals surface area contributed by atoms with Crippen molar-refractivity contribution < 1.29 is 14.7 Å². The van der Waals surface area contributed by atoms with Crippen molar-refractivity contribution in [2.24, 2.45) is 0 Å². The van der Waals surface area contributed by atoms with Crippen LogP contribution < -0.4 is 5.32 Å². The SMILES string of the molecule is CCNC(CC(=O)O)C(=O)c1ccc(Br)cc1. The molecule has 0 saturated heterocycles. The Labute approximate surface area is 108 Å². The van der Waals surface area contributed by atoms with E-state index in [4.69, 9.17) is 5.11 Å². The topological polar surface area (TPSA) is 66.4 Å². The van der Waals surface area contributed by atoms with Gasteiger partial charge in [-0.25, -0.2) is 0 Å². The van der Waals surface area contributed by atoms with Gasteiger partial charge in [0.1, 0.15) is 0 Å². The zero-order chi connectivity index (χ0) is 12.8. The van der Waals surface area contributed by atoms with Crippen LogP contribution in [0.5, 0.6) is 0 Å². The molecule has 0 aliphatic carbocycles. The van der Waals surface area contributed by atoms with E-state index in [-0.39, 0.29) is 12.2 Å². The van der Waals surface area contributed by atoms with E-state index >= 15 is 0 Å². The average Bonchev–Trinajstić information content (AvgIpc) is 2.28. The van der Waals surface area contributed by atoms with Crippen LogP contribution in [-0.2, 0) is 4.79 Å². The van der Waals surface area contributed by atoms with Gasteiger partial charge >= 0.3 is 5.97 Å². The lowest BCUT2D eigenvalue weighted by atomic mass is 10.0. The van der Waals surface area contributed by atoms with Gasteiger partial charge in [0.2, 0.25) is 0 Å². The molecule has 0 amide bonds. The third-order valence-corrected chi connectivity index (χ3v) is 2.80. The van der Waals surface area contributed by atoms with Crippen molar-refractivity contribution >= 4 is 27.7 Å². The van der Waals surface area contributed by atoms with E-state index in [0.29, 0.717) is 12.1 Å². The number of carbonyl (C=O) groups is 2. The molecule has 92 valence electrons. The highest BCUT2D eigenvalue weighted by Crippen LogP contribution is 2.13. The third-order valence-electron chi connectivity index (χ3n) is 2.27. The first kappa shape index (κ1) is 13.9. The highest BCUT2D eigenvalue weighted by molar-refractivity contribution is 9.10. The van der Waals surface area contributed by atoms with Crippen molar-refractivity contribution in [2.75, 3.05) is 6.54 Å². The maximum atomic E-state index is 12.0. The number of aliphatic carboxylic acids is 1. The summed E-state index contributed by atoms with van der Waals surface area (Å²) < 4.78 is 0.882. The van der Waals surface area contributed by atoms with Gasteiger partial charge in [-0.15, -0.1) is 0 Å². The predicted octanol–water partition coefficient (Wildman–Crippen LogP) is 2.08. The van der Waals surface area contributed by atoms with Crippen LogP contribution in [0.4, 0.5) is 0 Å². The minimum atomic E-state index is -0.985. The van der Waals surface area contributed by atoms with Crippen molar-refractivity contribution in [1.82, 2.24) is 5.32 Å². The summed E-state index contributed by atoms with van der Waals surface area (Å²) in [7, 11) is 0. The largest absolute Gasteiger partial charge is 0.481 e. The summed E-state index contributed by atoms with van der Waals surface area (Å²) in [6, 6.07) is 6.21. The molecular formula is C12H14BrNO3. The summed E-state index contributed by atoms with van der Waals surface area (Å²) in [6.45, 7) is 2.39. The lowest BCUT2D eigenvalue weighted by Gasteiger charge is -2.14. The van der Waals surface area contributed by atoms with E-state index in [1.165, 1.54) is 0 Å². The summed E-state index contributed by atoms with van der Waals surface area (Å²) >= 11 is 3.28. The van der Waals surface area contributed by atoms with Gasteiger partial charge in [0, 0.05) is 10.0 Å². The standard InChI is InChI=1S/C12H14BrNO3/c1-2-14-10(7-11(15)16)12(17)8-3-5-9(13)6-4-8/h3-6,10,14H,2,7H2,1H3,(H,15,16). The molecule has 17 heavy (non-hydrogen) atoms. The molecule has 0 saturated carbocycles. The molecule has 1 aromatic carbocycles. The Morgan fingerprint density at radius 3 is 2.41 bits per heavy atom. The highest BCUT2D eigenvalue weighted by Gasteiger charge is 2.21. The minimum absolute atomic E-state index is 0.193. The van der Waals surface area contributed by atoms with Crippen molar-refractivity contribution in [1.29, 1.82) is 0 Å². The third kappa shape index (κ3) is 4.28. The number of hydrogen-bond acceptors (Lipinski definition) is 3. The molecule has 2 N–H and O–H groups in total. The Morgan fingerprint density at radius 2 is 1.94 bits per heavy atom. The second-order valence-electron chi connectivity index (χ2n) is 3.58. The van der Waals surface area contributed by atoms with E-state index in [2.05, 4.69) is 21.2 Å². The Morgan fingerprint density at radius 1 is 1.35 bits per heavy atom. The zero-order valence-electron chi connectivity index (χ0n) is 9.44. The van der Waals surface area contributed by atoms with Crippen LogP contribution in [-0.4, -0.2) is 29.4 Å².